The number of aryl methyl sites for hydroxylation is 1. The summed E-state index contributed by atoms with van der Waals surface area (Å²) in [6, 6.07) is 9.62. The predicted octanol–water partition coefficient (Wildman–Crippen LogP) is 2.07. The van der Waals surface area contributed by atoms with E-state index in [1.54, 1.807) is 6.33 Å². The van der Waals surface area contributed by atoms with E-state index in [0.717, 1.165) is 25.0 Å². The summed E-state index contributed by atoms with van der Waals surface area (Å²) in [5.74, 6) is 0.965. The minimum absolute atomic E-state index is 0.750. The molecule has 1 aromatic carbocycles. The highest BCUT2D eigenvalue weighted by atomic mass is 15.3. The zero-order valence-corrected chi connectivity index (χ0v) is 12.2. The van der Waals surface area contributed by atoms with Crippen LogP contribution in [-0.2, 0) is 20.1 Å². The molecule has 0 unspecified atom stereocenters. The maximum Gasteiger partial charge on any atom is 0.152 e. The minimum atomic E-state index is 0.750. The van der Waals surface area contributed by atoms with Crippen molar-refractivity contribution in [2.24, 2.45) is 7.05 Å². The Morgan fingerprint density at radius 1 is 1.29 bits per heavy atom. The van der Waals surface area contributed by atoms with Crippen LogP contribution in [-0.4, -0.2) is 25.4 Å². The van der Waals surface area contributed by atoms with Gasteiger partial charge in [0.1, 0.15) is 6.33 Å². The fraction of sp³-hybridized carbons (Fsp3) is 0.375. The van der Waals surface area contributed by atoms with Gasteiger partial charge in [-0.05, 0) is 42.0 Å². The normalized spacial score (nSPS) is 14.9. The van der Waals surface area contributed by atoms with E-state index in [9.17, 15) is 0 Å². The number of hydrogen-bond donors (Lipinski definition) is 1. The molecule has 5 nitrogen and oxygen atoms in total. The summed E-state index contributed by atoms with van der Waals surface area (Å²) >= 11 is 0. The van der Waals surface area contributed by atoms with Crippen LogP contribution in [0.4, 0.5) is 0 Å². The largest absolute Gasteiger partial charge is 0.340 e. The average molecular weight is 281 g/mol. The second-order valence-corrected chi connectivity index (χ2v) is 5.85. The Kier molecular flexibility index (Phi) is 3.00. The monoisotopic (exact) mass is 281 g/mol. The van der Waals surface area contributed by atoms with E-state index in [4.69, 9.17) is 0 Å². The third kappa shape index (κ3) is 2.56. The summed E-state index contributed by atoms with van der Waals surface area (Å²) in [6.07, 6.45) is 6.52. The summed E-state index contributed by atoms with van der Waals surface area (Å²) < 4.78 is 4.18. The van der Waals surface area contributed by atoms with Crippen molar-refractivity contribution in [3.8, 4) is 0 Å². The van der Waals surface area contributed by atoms with Gasteiger partial charge in [-0.15, -0.1) is 10.2 Å². The van der Waals surface area contributed by atoms with E-state index in [1.165, 1.54) is 29.3 Å². The van der Waals surface area contributed by atoms with Gasteiger partial charge in [0.25, 0.3) is 0 Å². The van der Waals surface area contributed by atoms with Crippen LogP contribution in [0.5, 0.6) is 0 Å². The Labute approximate surface area is 123 Å². The van der Waals surface area contributed by atoms with E-state index >= 15 is 0 Å². The van der Waals surface area contributed by atoms with E-state index in [0.29, 0.717) is 0 Å². The highest BCUT2D eigenvalue weighted by molar-refractivity contribution is 5.81. The zero-order valence-electron chi connectivity index (χ0n) is 12.2. The fourth-order valence-corrected chi connectivity index (χ4v) is 2.65. The van der Waals surface area contributed by atoms with Crippen LogP contribution in [0, 0.1) is 0 Å². The molecule has 21 heavy (non-hydrogen) atoms. The van der Waals surface area contributed by atoms with Crippen molar-refractivity contribution < 1.29 is 0 Å². The number of nitrogens with one attached hydrogen (secondary N) is 1. The Balaban J connectivity index is 1.57. The van der Waals surface area contributed by atoms with Gasteiger partial charge >= 0.3 is 0 Å². The molecule has 0 radical (unpaired) electrons. The molecule has 0 bridgehead atoms. The lowest BCUT2D eigenvalue weighted by Crippen LogP contribution is -2.15. The van der Waals surface area contributed by atoms with Crippen molar-refractivity contribution >= 4 is 10.9 Å². The van der Waals surface area contributed by atoms with Gasteiger partial charge < -0.3 is 14.5 Å². The van der Waals surface area contributed by atoms with Crippen LogP contribution < -0.4 is 5.32 Å². The van der Waals surface area contributed by atoms with Crippen LogP contribution in [0.25, 0.3) is 10.9 Å². The predicted molar refractivity (Wildman–Crippen MR) is 81.9 cm³/mol. The maximum atomic E-state index is 4.15. The molecule has 2 heterocycles. The Morgan fingerprint density at radius 3 is 2.95 bits per heavy atom. The molecule has 108 valence electrons. The molecular formula is C16H19N5. The molecule has 5 heteroatoms. The van der Waals surface area contributed by atoms with Crippen LogP contribution in [0.15, 0.2) is 36.8 Å². The number of aromatic nitrogens is 4. The van der Waals surface area contributed by atoms with Crippen LogP contribution >= 0.6 is 0 Å². The van der Waals surface area contributed by atoms with Crippen molar-refractivity contribution in [1.82, 2.24) is 24.6 Å². The second-order valence-electron chi connectivity index (χ2n) is 5.85. The van der Waals surface area contributed by atoms with Crippen LogP contribution in [0.3, 0.4) is 0 Å². The summed E-state index contributed by atoms with van der Waals surface area (Å²) in [6.45, 7) is 1.72. The molecular weight excluding hydrogens is 262 g/mol. The fourth-order valence-electron chi connectivity index (χ4n) is 2.65. The average Bonchev–Trinajstić information content (AvgIpc) is 3.12. The lowest BCUT2D eigenvalue weighted by atomic mass is 10.1. The smallest absolute Gasteiger partial charge is 0.152 e. The highest BCUT2D eigenvalue weighted by Crippen LogP contribution is 2.21. The van der Waals surface area contributed by atoms with Crippen molar-refractivity contribution in [3.63, 3.8) is 0 Å². The van der Waals surface area contributed by atoms with Gasteiger partial charge in [0, 0.05) is 31.3 Å². The molecule has 0 aliphatic heterocycles. The van der Waals surface area contributed by atoms with E-state index in [-0.39, 0.29) is 0 Å². The Morgan fingerprint density at radius 2 is 2.19 bits per heavy atom. The van der Waals surface area contributed by atoms with Crippen molar-refractivity contribution in [1.29, 1.82) is 0 Å². The molecule has 3 aromatic rings. The summed E-state index contributed by atoms with van der Waals surface area (Å²) in [5, 5.41) is 12.9. The lowest BCUT2D eigenvalue weighted by molar-refractivity contribution is 0.688. The number of fused-ring (bicyclic) bond motifs is 1. The quantitative estimate of drug-likeness (QED) is 0.779. The molecule has 1 aliphatic carbocycles. The van der Waals surface area contributed by atoms with Crippen molar-refractivity contribution in [3.05, 3.63) is 48.2 Å². The summed E-state index contributed by atoms with van der Waals surface area (Å²) in [7, 11) is 1.97. The highest BCUT2D eigenvalue weighted by Gasteiger charge is 2.19. The molecule has 1 saturated carbocycles. The molecule has 1 aliphatic rings. The summed E-state index contributed by atoms with van der Waals surface area (Å²) in [4.78, 5) is 0. The van der Waals surface area contributed by atoms with Gasteiger partial charge in [0.15, 0.2) is 5.82 Å². The van der Waals surface area contributed by atoms with Crippen molar-refractivity contribution in [2.45, 2.75) is 32.0 Å². The minimum Gasteiger partial charge on any atom is -0.340 e. The van der Waals surface area contributed by atoms with Crippen molar-refractivity contribution in [2.75, 3.05) is 0 Å². The van der Waals surface area contributed by atoms with Gasteiger partial charge in [-0.1, -0.05) is 6.07 Å². The first-order valence-corrected chi connectivity index (χ1v) is 7.43. The molecule has 0 spiro atoms. The van der Waals surface area contributed by atoms with Gasteiger partial charge in [0.05, 0.1) is 6.54 Å². The first kappa shape index (κ1) is 12.6. The molecule has 1 fully saturated rings. The van der Waals surface area contributed by atoms with Gasteiger partial charge in [-0.3, -0.25) is 0 Å². The van der Waals surface area contributed by atoms with Gasteiger partial charge in [-0.25, -0.2) is 0 Å². The zero-order chi connectivity index (χ0) is 14.2. The molecule has 0 saturated heterocycles. The first-order chi connectivity index (χ1) is 10.3. The van der Waals surface area contributed by atoms with Gasteiger partial charge in [0.2, 0.25) is 0 Å². The molecule has 0 atom stereocenters. The third-order valence-electron chi connectivity index (χ3n) is 4.12. The third-order valence-corrected chi connectivity index (χ3v) is 4.12. The first-order valence-electron chi connectivity index (χ1n) is 7.43. The Hall–Kier alpha value is -2.14. The summed E-state index contributed by atoms with van der Waals surface area (Å²) in [5.41, 5.74) is 2.60. The molecule has 0 amide bonds. The number of nitrogens with zero attached hydrogens (tertiary/aromatic N) is 4. The second kappa shape index (κ2) is 5.00. The standard InChI is InChI=1S/C16H19N5/c1-20-11-18-19-16(20)10-21-7-6-13-8-12(2-5-15(13)21)9-17-14-3-4-14/h2,5-8,11,14,17H,3-4,9-10H2,1H3. The molecule has 2 aromatic heterocycles. The number of rotatable bonds is 5. The van der Waals surface area contributed by atoms with E-state index in [2.05, 4.69) is 50.5 Å². The maximum absolute atomic E-state index is 4.15. The topological polar surface area (TPSA) is 47.7 Å². The number of benzene rings is 1. The molecule has 1 N–H and O–H groups in total. The lowest BCUT2D eigenvalue weighted by Gasteiger charge is -2.06. The molecule has 4 rings (SSSR count). The SMILES string of the molecule is Cn1cnnc1Cn1ccc2cc(CNC3CC3)ccc21. The van der Waals surface area contributed by atoms with Crippen LogP contribution in [0.2, 0.25) is 0 Å². The number of hydrogen-bond acceptors (Lipinski definition) is 3. The van der Waals surface area contributed by atoms with Gasteiger partial charge in [-0.2, -0.15) is 0 Å². The van der Waals surface area contributed by atoms with E-state index in [1.807, 2.05) is 11.6 Å². The van der Waals surface area contributed by atoms with E-state index < -0.39 is 0 Å². The van der Waals surface area contributed by atoms with Crippen LogP contribution in [0.1, 0.15) is 24.2 Å². The Bertz CT molecular complexity index is 766.